The van der Waals surface area contributed by atoms with Gasteiger partial charge in [0.05, 0.1) is 30.5 Å². The van der Waals surface area contributed by atoms with E-state index in [0.29, 0.717) is 37.1 Å². The molecule has 0 saturated carbocycles. The minimum atomic E-state index is -4.64. The largest absolute Gasteiger partial charge is 0.423 e. The molecule has 2 aromatic heterocycles. The van der Waals surface area contributed by atoms with Gasteiger partial charge >= 0.3 is 6.18 Å². The maximum absolute atomic E-state index is 12.7. The van der Waals surface area contributed by atoms with E-state index in [4.69, 9.17) is 10.00 Å². The van der Waals surface area contributed by atoms with E-state index in [9.17, 15) is 22.8 Å². The molecule has 10 nitrogen and oxygen atoms in total. The lowest BCUT2D eigenvalue weighted by Gasteiger charge is -2.39. The van der Waals surface area contributed by atoms with Crippen LogP contribution in [0.1, 0.15) is 49.7 Å². The lowest BCUT2D eigenvalue weighted by molar-refractivity contribution is -0.138. The molecule has 0 aliphatic carbocycles. The number of carbonyl (C=O) groups is 1. The van der Waals surface area contributed by atoms with Crippen molar-refractivity contribution < 1.29 is 22.7 Å². The molecule has 0 bridgehead atoms. The normalized spacial score (nSPS) is 18.4. The van der Waals surface area contributed by atoms with Crippen molar-refractivity contribution in [1.29, 1.82) is 5.26 Å². The molecule has 0 unspecified atom stereocenters. The summed E-state index contributed by atoms with van der Waals surface area (Å²) in [6.07, 6.45) is 3.46. The highest BCUT2D eigenvalue weighted by Crippen LogP contribution is 2.41. The molecule has 5 rings (SSSR count). The predicted molar refractivity (Wildman–Crippen MR) is 142 cm³/mol. The third-order valence-corrected chi connectivity index (χ3v) is 7.90. The molecule has 2 aromatic rings. The van der Waals surface area contributed by atoms with Gasteiger partial charge in [0.2, 0.25) is 5.91 Å². The van der Waals surface area contributed by atoms with E-state index in [0.717, 1.165) is 70.3 Å². The molecule has 3 aliphatic rings. The van der Waals surface area contributed by atoms with E-state index in [-0.39, 0.29) is 11.6 Å². The minimum absolute atomic E-state index is 0.117. The molecule has 0 aromatic carbocycles. The average molecular weight is 562 g/mol. The van der Waals surface area contributed by atoms with Crippen molar-refractivity contribution in [1.82, 2.24) is 20.1 Å². The Bertz CT molecular complexity index is 1250. The number of methoxy groups -OCH3 is 1. The number of piperidine rings is 1. The quantitative estimate of drug-likeness (QED) is 0.592. The van der Waals surface area contributed by atoms with Crippen molar-refractivity contribution in [2.75, 3.05) is 62.8 Å². The first kappa shape index (κ1) is 29.3. The molecule has 216 valence electrons. The zero-order valence-corrected chi connectivity index (χ0v) is 22.5. The zero-order chi connectivity index (χ0) is 28.8. The number of anilines is 2. The van der Waals surface area contributed by atoms with Gasteiger partial charge in [0, 0.05) is 52.6 Å². The number of hydrogen-bond acceptors (Lipinski definition) is 8. The van der Waals surface area contributed by atoms with Crippen LogP contribution in [0.15, 0.2) is 29.3 Å². The Kier molecular flexibility index (Phi) is 9.29. The van der Waals surface area contributed by atoms with Gasteiger partial charge < -0.3 is 19.4 Å². The van der Waals surface area contributed by atoms with Crippen molar-refractivity contribution in [3.63, 3.8) is 0 Å². The van der Waals surface area contributed by atoms with Crippen LogP contribution >= 0.6 is 0 Å². The first-order chi connectivity index (χ1) is 19.2. The third-order valence-electron chi connectivity index (χ3n) is 7.90. The molecule has 0 radical (unpaired) electrons. The highest BCUT2D eigenvalue weighted by atomic mass is 19.4. The second kappa shape index (κ2) is 12.7. The summed E-state index contributed by atoms with van der Waals surface area (Å²) < 4.78 is 43.1. The lowest BCUT2D eigenvalue weighted by Crippen LogP contribution is -2.44. The minimum Gasteiger partial charge on any atom is -0.384 e. The van der Waals surface area contributed by atoms with Crippen molar-refractivity contribution in [3.05, 3.63) is 46.0 Å². The molecule has 1 N–H and O–H groups in total. The zero-order valence-electron chi connectivity index (χ0n) is 22.5. The van der Waals surface area contributed by atoms with Crippen molar-refractivity contribution in [2.24, 2.45) is 5.41 Å². The van der Waals surface area contributed by atoms with Crippen LogP contribution in [0.3, 0.4) is 0 Å². The van der Waals surface area contributed by atoms with Gasteiger partial charge in [0.15, 0.2) is 0 Å². The second-order valence-electron chi connectivity index (χ2n) is 10.5. The topological polar surface area (TPSA) is 118 Å². The number of likely N-dealkylation sites (tertiary alicyclic amines) is 1. The molecular weight excluding hydrogens is 527 g/mol. The van der Waals surface area contributed by atoms with Gasteiger partial charge in [-0.2, -0.15) is 23.5 Å². The number of carbonyl (C=O) groups excluding carboxylic acids is 1. The number of aromatic nitrogens is 3. The van der Waals surface area contributed by atoms with Crippen LogP contribution in [0.25, 0.3) is 0 Å². The lowest BCUT2D eigenvalue weighted by atomic mass is 9.77. The molecule has 1 spiro atoms. The van der Waals surface area contributed by atoms with Gasteiger partial charge in [0.25, 0.3) is 5.56 Å². The number of amides is 1. The summed E-state index contributed by atoms with van der Waals surface area (Å²) in [6.45, 7) is 5.25. The van der Waals surface area contributed by atoms with E-state index in [2.05, 4.69) is 21.1 Å². The van der Waals surface area contributed by atoms with Crippen molar-refractivity contribution >= 4 is 17.4 Å². The standard InChI is InChI=1S/C18H24N4O2.C9H10F3N3O/c1-24-11-4-17(23)21-8-5-18(6-9-21)7-10-22(14-18)16-3-2-15(12-19)13-20-16;10-9(11,12)7-6(5-13-14-8(7)16)15-3-1-2-4-15/h2-3,13H,4-11,14H2,1H3;5H,1-4H2,(H,14,16). The van der Waals surface area contributed by atoms with Crippen LogP contribution in [0.2, 0.25) is 0 Å². The summed E-state index contributed by atoms with van der Waals surface area (Å²) in [7, 11) is 1.63. The van der Waals surface area contributed by atoms with Gasteiger partial charge in [-0.1, -0.05) is 0 Å². The average Bonchev–Trinajstić information content (AvgIpc) is 3.63. The number of alkyl halides is 3. The monoisotopic (exact) mass is 561 g/mol. The summed E-state index contributed by atoms with van der Waals surface area (Å²) in [5.41, 5.74) is -1.56. The van der Waals surface area contributed by atoms with E-state index < -0.39 is 17.3 Å². The van der Waals surface area contributed by atoms with Crippen LogP contribution in [-0.4, -0.2) is 79.0 Å². The maximum Gasteiger partial charge on any atom is 0.423 e. The van der Waals surface area contributed by atoms with Crippen LogP contribution in [0.4, 0.5) is 24.7 Å². The van der Waals surface area contributed by atoms with Crippen LogP contribution in [0, 0.1) is 16.7 Å². The van der Waals surface area contributed by atoms with Gasteiger partial charge in [-0.25, -0.2) is 10.1 Å². The number of nitrogens with one attached hydrogen (secondary N) is 1. The molecular formula is C27H34F3N7O3. The fourth-order valence-corrected chi connectivity index (χ4v) is 5.62. The summed E-state index contributed by atoms with van der Waals surface area (Å²) in [6, 6.07) is 5.86. The Balaban J connectivity index is 0.000000201. The predicted octanol–water partition coefficient (Wildman–Crippen LogP) is 3.20. The summed E-state index contributed by atoms with van der Waals surface area (Å²) >= 11 is 0. The number of H-pyrrole nitrogens is 1. The Labute approximate surface area is 230 Å². The van der Waals surface area contributed by atoms with E-state index >= 15 is 0 Å². The first-order valence-corrected chi connectivity index (χ1v) is 13.4. The first-order valence-electron chi connectivity index (χ1n) is 13.4. The van der Waals surface area contributed by atoms with Crippen LogP contribution < -0.4 is 15.4 Å². The van der Waals surface area contributed by atoms with Gasteiger partial charge in [-0.3, -0.25) is 9.59 Å². The maximum atomic E-state index is 12.7. The molecule has 40 heavy (non-hydrogen) atoms. The number of hydrogen-bond donors (Lipinski definition) is 1. The molecule has 5 heterocycles. The number of rotatable bonds is 5. The smallest absolute Gasteiger partial charge is 0.384 e. The van der Waals surface area contributed by atoms with Gasteiger partial charge in [0.1, 0.15) is 17.5 Å². The molecule has 1 amide bonds. The fraction of sp³-hybridized carbons (Fsp3) is 0.593. The van der Waals surface area contributed by atoms with E-state index in [1.54, 1.807) is 18.2 Å². The number of aromatic amines is 1. The molecule has 0 atom stereocenters. The SMILES string of the molecule is COCCC(=O)N1CCC2(CC1)CCN(c1ccc(C#N)cn1)C2.O=c1[nH]ncc(N2CCCC2)c1C(F)(F)F. The Morgan fingerprint density at radius 1 is 1.10 bits per heavy atom. The number of halogens is 3. The molecule has 3 fully saturated rings. The summed E-state index contributed by atoms with van der Waals surface area (Å²) in [4.78, 5) is 33.5. The van der Waals surface area contributed by atoms with Gasteiger partial charge in [-0.15, -0.1) is 0 Å². The molecule has 3 saturated heterocycles. The Morgan fingerprint density at radius 2 is 1.80 bits per heavy atom. The van der Waals surface area contributed by atoms with E-state index in [1.807, 2.05) is 22.1 Å². The van der Waals surface area contributed by atoms with Crippen LogP contribution in [-0.2, 0) is 15.7 Å². The Morgan fingerprint density at radius 3 is 2.40 bits per heavy atom. The Hall–Kier alpha value is -3.66. The highest BCUT2D eigenvalue weighted by molar-refractivity contribution is 5.76. The molecule has 13 heteroatoms. The number of pyridine rings is 1. The van der Waals surface area contributed by atoms with Crippen molar-refractivity contribution in [3.8, 4) is 6.07 Å². The number of nitriles is 1. The number of ether oxygens (including phenoxy) is 1. The summed E-state index contributed by atoms with van der Waals surface area (Å²) in [5, 5.41) is 14.1. The van der Waals surface area contributed by atoms with E-state index in [1.165, 1.54) is 0 Å². The van der Waals surface area contributed by atoms with Crippen molar-refractivity contribution in [2.45, 2.75) is 44.7 Å². The number of nitrogens with zero attached hydrogens (tertiary/aromatic N) is 6. The third kappa shape index (κ3) is 6.91. The summed E-state index contributed by atoms with van der Waals surface area (Å²) in [5.74, 6) is 1.15. The van der Waals surface area contributed by atoms with Crippen LogP contribution in [0.5, 0.6) is 0 Å². The molecule has 3 aliphatic heterocycles. The highest BCUT2D eigenvalue weighted by Gasteiger charge is 2.42. The van der Waals surface area contributed by atoms with Gasteiger partial charge in [-0.05, 0) is 49.7 Å². The fourth-order valence-electron chi connectivity index (χ4n) is 5.62. The second-order valence-corrected chi connectivity index (χ2v) is 10.5.